The van der Waals surface area contributed by atoms with Gasteiger partial charge in [0.15, 0.2) is 0 Å². The molecule has 0 spiro atoms. The maximum atomic E-state index is 5.30. The van der Waals surface area contributed by atoms with Crippen LogP contribution in [-0.4, -0.2) is 43.0 Å². The number of nitrogens with one attached hydrogen (secondary N) is 1. The van der Waals surface area contributed by atoms with E-state index in [1.54, 1.807) is 0 Å². The minimum Gasteiger partial charge on any atom is -0.378 e. The van der Waals surface area contributed by atoms with Gasteiger partial charge in [0.05, 0.1) is 19.3 Å². The molecule has 0 aliphatic carbocycles. The fourth-order valence-corrected chi connectivity index (χ4v) is 2.16. The number of hydrogen-bond acceptors (Lipinski definition) is 6. The number of nitrogens with zero attached hydrogens (tertiary/aromatic N) is 3. The molecule has 1 unspecified atom stereocenters. The molecule has 6 nitrogen and oxygen atoms in total. The lowest BCUT2D eigenvalue weighted by Gasteiger charge is -2.24. The maximum absolute atomic E-state index is 5.30. The van der Waals surface area contributed by atoms with Crippen molar-refractivity contribution in [1.29, 1.82) is 0 Å². The highest BCUT2D eigenvalue weighted by molar-refractivity contribution is 5.28. The topological polar surface area (TPSA) is 63.4 Å². The average molecular weight is 224 g/mol. The summed E-state index contributed by atoms with van der Waals surface area (Å²) in [5, 5.41) is 7.38. The van der Waals surface area contributed by atoms with Crippen molar-refractivity contribution in [2.75, 3.05) is 37.7 Å². The second kappa shape index (κ2) is 4.39. The number of hydrogen-bond donors (Lipinski definition) is 1. The summed E-state index contributed by atoms with van der Waals surface area (Å²) in [6, 6.07) is 0.252. The van der Waals surface area contributed by atoms with Crippen LogP contribution in [0.5, 0.6) is 0 Å². The van der Waals surface area contributed by atoms with Crippen LogP contribution < -0.4 is 10.2 Å². The van der Waals surface area contributed by atoms with E-state index in [2.05, 4.69) is 20.4 Å². The van der Waals surface area contributed by atoms with Gasteiger partial charge >= 0.3 is 0 Å². The van der Waals surface area contributed by atoms with Crippen LogP contribution >= 0.6 is 0 Å². The summed E-state index contributed by atoms with van der Waals surface area (Å²) in [6.45, 7) is 4.21. The van der Waals surface area contributed by atoms with Gasteiger partial charge in [-0.25, -0.2) is 0 Å². The predicted molar refractivity (Wildman–Crippen MR) is 57.3 cm³/mol. The smallest absolute Gasteiger partial charge is 0.266 e. The van der Waals surface area contributed by atoms with Gasteiger partial charge in [-0.1, -0.05) is 0 Å². The summed E-state index contributed by atoms with van der Waals surface area (Å²) >= 11 is 0. The normalized spacial score (nSPS) is 26.2. The molecule has 6 heteroatoms. The lowest BCUT2D eigenvalue weighted by Crippen LogP contribution is -2.36. The lowest BCUT2D eigenvalue weighted by molar-refractivity contribution is 0.121. The highest BCUT2D eigenvalue weighted by atomic mass is 16.5. The van der Waals surface area contributed by atoms with Crippen LogP contribution in [-0.2, 0) is 4.74 Å². The highest BCUT2D eigenvalue weighted by Crippen LogP contribution is 2.23. The zero-order valence-corrected chi connectivity index (χ0v) is 9.19. The summed E-state index contributed by atoms with van der Waals surface area (Å²) in [7, 11) is 0. The van der Waals surface area contributed by atoms with Crippen LogP contribution in [0.15, 0.2) is 4.52 Å². The second-order valence-corrected chi connectivity index (χ2v) is 4.18. The van der Waals surface area contributed by atoms with Gasteiger partial charge in [0.2, 0.25) is 5.89 Å². The van der Waals surface area contributed by atoms with Crippen LogP contribution in [0.1, 0.15) is 24.8 Å². The van der Waals surface area contributed by atoms with E-state index in [9.17, 15) is 0 Å². The Morgan fingerprint density at radius 1 is 1.31 bits per heavy atom. The van der Waals surface area contributed by atoms with Crippen molar-refractivity contribution in [2.45, 2.75) is 18.9 Å². The number of rotatable bonds is 2. The number of aromatic nitrogens is 2. The molecule has 0 aromatic carbocycles. The highest BCUT2D eigenvalue weighted by Gasteiger charge is 2.24. The van der Waals surface area contributed by atoms with E-state index in [1.165, 1.54) is 6.42 Å². The van der Waals surface area contributed by atoms with Crippen molar-refractivity contribution < 1.29 is 9.26 Å². The van der Waals surface area contributed by atoms with E-state index in [4.69, 9.17) is 9.26 Å². The molecule has 2 saturated heterocycles. The Bertz CT molecular complexity index is 342. The molecule has 1 aromatic heterocycles. The number of anilines is 1. The monoisotopic (exact) mass is 224 g/mol. The summed E-state index contributed by atoms with van der Waals surface area (Å²) in [4.78, 5) is 6.55. The van der Waals surface area contributed by atoms with Crippen molar-refractivity contribution in [3.63, 3.8) is 0 Å². The molecule has 88 valence electrons. The Balaban J connectivity index is 1.71. The molecule has 2 fully saturated rings. The Morgan fingerprint density at radius 3 is 2.94 bits per heavy atom. The van der Waals surface area contributed by atoms with Crippen LogP contribution in [0.25, 0.3) is 0 Å². The quantitative estimate of drug-likeness (QED) is 0.781. The van der Waals surface area contributed by atoms with Crippen molar-refractivity contribution in [3.05, 3.63) is 5.89 Å². The first-order valence-corrected chi connectivity index (χ1v) is 5.83. The largest absolute Gasteiger partial charge is 0.378 e. The van der Waals surface area contributed by atoms with E-state index in [1.807, 2.05) is 0 Å². The molecular weight excluding hydrogens is 208 g/mol. The van der Waals surface area contributed by atoms with E-state index in [0.29, 0.717) is 5.95 Å². The SMILES string of the molecule is C1CNC(c2nc(N3CCOCC3)no2)C1. The van der Waals surface area contributed by atoms with Crippen molar-refractivity contribution in [3.8, 4) is 0 Å². The lowest BCUT2D eigenvalue weighted by atomic mass is 10.2. The fraction of sp³-hybridized carbons (Fsp3) is 0.800. The van der Waals surface area contributed by atoms with Gasteiger partial charge in [-0.3, -0.25) is 0 Å². The molecule has 1 N–H and O–H groups in total. The third-order valence-corrected chi connectivity index (χ3v) is 3.08. The first-order chi connectivity index (χ1) is 7.93. The number of ether oxygens (including phenoxy) is 1. The molecule has 1 aromatic rings. The zero-order chi connectivity index (χ0) is 10.8. The Morgan fingerprint density at radius 2 is 2.19 bits per heavy atom. The molecule has 0 bridgehead atoms. The molecule has 3 heterocycles. The summed E-state index contributed by atoms with van der Waals surface area (Å²) < 4.78 is 10.6. The molecule has 0 saturated carbocycles. The standard InChI is InChI=1S/C10H16N4O2/c1-2-8(11-3-1)9-12-10(13-16-9)14-4-6-15-7-5-14/h8,11H,1-7H2. The van der Waals surface area contributed by atoms with Gasteiger partial charge in [-0.05, 0) is 24.5 Å². The van der Waals surface area contributed by atoms with E-state index < -0.39 is 0 Å². The molecular formula is C10H16N4O2. The third-order valence-electron chi connectivity index (χ3n) is 3.08. The predicted octanol–water partition coefficient (Wildman–Crippen LogP) is 0.331. The fourth-order valence-electron chi connectivity index (χ4n) is 2.16. The van der Waals surface area contributed by atoms with Gasteiger partial charge in [0, 0.05) is 13.1 Å². The zero-order valence-electron chi connectivity index (χ0n) is 9.19. The summed E-state index contributed by atoms with van der Waals surface area (Å²) in [6.07, 6.45) is 2.27. The van der Waals surface area contributed by atoms with Crippen molar-refractivity contribution in [1.82, 2.24) is 15.5 Å². The van der Waals surface area contributed by atoms with Gasteiger partial charge in [0.1, 0.15) is 0 Å². The Kier molecular flexibility index (Phi) is 2.75. The maximum Gasteiger partial charge on any atom is 0.266 e. The minimum atomic E-state index is 0.252. The first-order valence-electron chi connectivity index (χ1n) is 5.83. The summed E-state index contributed by atoms with van der Waals surface area (Å²) in [5.41, 5.74) is 0. The molecule has 0 amide bonds. The first kappa shape index (κ1) is 10.0. The van der Waals surface area contributed by atoms with Gasteiger partial charge in [-0.2, -0.15) is 4.98 Å². The number of morpholine rings is 1. The van der Waals surface area contributed by atoms with Gasteiger partial charge in [0.25, 0.3) is 5.95 Å². The van der Waals surface area contributed by atoms with Crippen molar-refractivity contribution >= 4 is 5.95 Å². The molecule has 2 aliphatic rings. The Hall–Kier alpha value is -1.14. The van der Waals surface area contributed by atoms with E-state index in [-0.39, 0.29) is 6.04 Å². The van der Waals surface area contributed by atoms with Gasteiger partial charge in [-0.15, -0.1) is 0 Å². The Labute approximate surface area is 93.9 Å². The minimum absolute atomic E-state index is 0.252. The average Bonchev–Trinajstić information content (AvgIpc) is 3.01. The molecule has 1 atom stereocenters. The summed E-state index contributed by atoms with van der Waals surface area (Å²) in [5.74, 6) is 1.42. The second-order valence-electron chi connectivity index (χ2n) is 4.18. The van der Waals surface area contributed by atoms with Crippen LogP contribution in [0, 0.1) is 0 Å². The molecule has 0 radical (unpaired) electrons. The van der Waals surface area contributed by atoms with E-state index >= 15 is 0 Å². The third kappa shape index (κ3) is 1.90. The molecule has 2 aliphatic heterocycles. The van der Waals surface area contributed by atoms with Crippen LogP contribution in [0.2, 0.25) is 0 Å². The molecule has 3 rings (SSSR count). The van der Waals surface area contributed by atoms with Gasteiger partial charge < -0.3 is 19.5 Å². The van der Waals surface area contributed by atoms with E-state index in [0.717, 1.165) is 45.2 Å². The van der Waals surface area contributed by atoms with Crippen LogP contribution in [0.3, 0.4) is 0 Å². The van der Waals surface area contributed by atoms with Crippen molar-refractivity contribution in [2.24, 2.45) is 0 Å². The van der Waals surface area contributed by atoms with Crippen LogP contribution in [0.4, 0.5) is 5.95 Å². The molecule has 16 heavy (non-hydrogen) atoms.